The van der Waals surface area contributed by atoms with Crippen molar-refractivity contribution in [2.75, 3.05) is 26.2 Å². The van der Waals surface area contributed by atoms with Crippen LogP contribution in [0, 0.1) is 11.8 Å². The van der Waals surface area contributed by atoms with Gasteiger partial charge in [-0.2, -0.15) is 0 Å². The van der Waals surface area contributed by atoms with E-state index in [0.29, 0.717) is 48.4 Å². The van der Waals surface area contributed by atoms with Crippen LogP contribution < -0.4 is 10.5 Å². The van der Waals surface area contributed by atoms with Crippen molar-refractivity contribution in [3.63, 3.8) is 0 Å². The van der Waals surface area contributed by atoms with Crippen LogP contribution >= 0.6 is 0 Å². The molecule has 0 unspecified atom stereocenters. The molecule has 2 aliphatic heterocycles. The number of alkyl halides is 3. The Hall–Kier alpha value is -3.96. The highest BCUT2D eigenvalue weighted by Gasteiger charge is 2.43. The lowest BCUT2D eigenvalue weighted by Gasteiger charge is -2.21. The van der Waals surface area contributed by atoms with Crippen LogP contribution in [0.1, 0.15) is 15.9 Å². The number of nitrogens with one attached hydrogen (secondary N) is 1. The van der Waals surface area contributed by atoms with Crippen molar-refractivity contribution < 1.29 is 36.7 Å². The molecule has 12 heteroatoms. The van der Waals surface area contributed by atoms with Crippen molar-refractivity contribution in [2.24, 2.45) is 11.8 Å². The maximum atomic E-state index is 12.9. The number of benzene rings is 2. The number of aromatic amines is 1. The van der Waals surface area contributed by atoms with Crippen molar-refractivity contribution in [3.05, 3.63) is 64.1 Å². The van der Waals surface area contributed by atoms with Crippen molar-refractivity contribution in [1.82, 2.24) is 14.8 Å². The van der Waals surface area contributed by atoms with E-state index in [-0.39, 0.29) is 30.1 Å². The zero-order chi connectivity index (χ0) is 24.7. The lowest BCUT2D eigenvalue weighted by molar-refractivity contribution is -0.274. The maximum absolute atomic E-state index is 12.9. The average molecular weight is 491 g/mol. The fourth-order valence-electron chi connectivity index (χ4n) is 4.59. The Morgan fingerprint density at radius 1 is 1.00 bits per heavy atom. The molecule has 2 fully saturated rings. The van der Waals surface area contributed by atoms with Gasteiger partial charge in [-0.05, 0) is 35.9 Å². The average Bonchev–Trinajstić information content (AvgIpc) is 3.48. The predicted molar refractivity (Wildman–Crippen MR) is 115 cm³/mol. The first-order chi connectivity index (χ1) is 16.6. The Morgan fingerprint density at radius 3 is 2.31 bits per heavy atom. The molecular formula is C23H20F3N3O6. The number of hydrogen-bond acceptors (Lipinski definition) is 6. The van der Waals surface area contributed by atoms with Gasteiger partial charge in [-0.3, -0.25) is 9.78 Å². The van der Waals surface area contributed by atoms with E-state index in [9.17, 15) is 27.6 Å². The molecule has 3 heterocycles. The highest BCUT2D eigenvalue weighted by molar-refractivity contribution is 5.97. The quantitative estimate of drug-likeness (QED) is 0.600. The van der Waals surface area contributed by atoms with E-state index >= 15 is 0 Å². The van der Waals surface area contributed by atoms with Crippen molar-refractivity contribution >= 4 is 23.1 Å². The van der Waals surface area contributed by atoms with E-state index in [1.54, 1.807) is 21.9 Å². The highest BCUT2D eigenvalue weighted by atomic mass is 19.4. The Kier molecular flexibility index (Phi) is 5.65. The zero-order valence-corrected chi connectivity index (χ0v) is 18.2. The topological polar surface area (TPSA) is 105 Å². The second-order valence-corrected chi connectivity index (χ2v) is 8.61. The summed E-state index contributed by atoms with van der Waals surface area (Å²) in [7, 11) is 0. The summed E-state index contributed by atoms with van der Waals surface area (Å²) in [6.07, 6.45) is -5.28. The predicted octanol–water partition coefficient (Wildman–Crippen LogP) is 3.36. The van der Waals surface area contributed by atoms with Gasteiger partial charge in [-0.15, -0.1) is 13.2 Å². The van der Waals surface area contributed by atoms with Gasteiger partial charge in [0.2, 0.25) is 0 Å². The standard InChI is InChI=1S/C23H20F3N3O6/c24-23(25,26)35-17-4-1-13(2-5-17)12-33-22(32)29-10-15-8-28(9-16(15)11-29)20(30)14-3-6-18-19(7-14)34-21(31)27-18/h1-7,15-16H,8-12H2,(H,27,31)/t15-,16-/m0/s1. The summed E-state index contributed by atoms with van der Waals surface area (Å²) in [5, 5.41) is 0. The summed E-state index contributed by atoms with van der Waals surface area (Å²) < 4.78 is 50.9. The van der Waals surface area contributed by atoms with E-state index in [4.69, 9.17) is 9.15 Å². The summed E-state index contributed by atoms with van der Waals surface area (Å²) in [6.45, 7) is 1.78. The van der Waals surface area contributed by atoms with E-state index in [1.165, 1.54) is 18.2 Å². The van der Waals surface area contributed by atoms with Crippen LogP contribution in [0.2, 0.25) is 0 Å². The van der Waals surface area contributed by atoms with E-state index < -0.39 is 18.2 Å². The second-order valence-electron chi connectivity index (χ2n) is 8.61. The number of H-pyrrole nitrogens is 1. The van der Waals surface area contributed by atoms with Gasteiger partial charge in [0.1, 0.15) is 12.4 Å². The van der Waals surface area contributed by atoms with Crippen molar-refractivity contribution in [1.29, 1.82) is 0 Å². The Bertz CT molecular complexity index is 1300. The Morgan fingerprint density at radius 2 is 1.66 bits per heavy atom. The number of amides is 2. The molecule has 0 radical (unpaired) electrons. The molecule has 184 valence electrons. The van der Waals surface area contributed by atoms with E-state index in [1.807, 2.05) is 0 Å². The number of fused-ring (bicyclic) bond motifs is 2. The number of likely N-dealkylation sites (tertiary alicyclic amines) is 2. The molecule has 2 aromatic carbocycles. The van der Waals surface area contributed by atoms with Gasteiger partial charge in [0.05, 0.1) is 5.52 Å². The highest BCUT2D eigenvalue weighted by Crippen LogP contribution is 2.32. The number of hydrogen-bond donors (Lipinski definition) is 1. The lowest BCUT2D eigenvalue weighted by atomic mass is 10.0. The minimum atomic E-state index is -4.77. The molecular weight excluding hydrogens is 471 g/mol. The summed E-state index contributed by atoms with van der Waals surface area (Å²) in [6, 6.07) is 9.90. The Balaban J connectivity index is 1.12. The molecule has 0 aliphatic carbocycles. The maximum Gasteiger partial charge on any atom is 0.573 e. The van der Waals surface area contributed by atoms with Crippen molar-refractivity contribution in [3.8, 4) is 5.75 Å². The molecule has 2 aliphatic rings. The number of rotatable bonds is 4. The van der Waals surface area contributed by atoms with Gasteiger partial charge in [0, 0.05) is 43.6 Å². The molecule has 1 N–H and O–H groups in total. The molecule has 35 heavy (non-hydrogen) atoms. The van der Waals surface area contributed by atoms with Gasteiger partial charge >= 0.3 is 18.2 Å². The number of carbonyl (C=O) groups excluding carboxylic acids is 2. The molecule has 9 nitrogen and oxygen atoms in total. The minimum absolute atomic E-state index is 0.0840. The zero-order valence-electron chi connectivity index (χ0n) is 18.2. The van der Waals surface area contributed by atoms with Crippen LogP contribution in [0.25, 0.3) is 11.1 Å². The summed E-state index contributed by atoms with van der Waals surface area (Å²) in [4.78, 5) is 42.6. The summed E-state index contributed by atoms with van der Waals surface area (Å²) in [5.74, 6) is -0.882. The SMILES string of the molecule is O=C(OCc1ccc(OC(F)(F)F)cc1)N1C[C@@H]2CN(C(=O)c3ccc4[nH]c(=O)oc4c3)C[C@H]2C1. The summed E-state index contributed by atoms with van der Waals surface area (Å²) >= 11 is 0. The van der Waals surface area contributed by atoms with Crippen LogP contribution in [0.3, 0.4) is 0 Å². The van der Waals surface area contributed by atoms with Crippen LogP contribution in [-0.4, -0.2) is 59.3 Å². The number of halogens is 3. The number of nitrogens with zero attached hydrogens (tertiary/aromatic N) is 2. The molecule has 0 spiro atoms. The third-order valence-corrected chi connectivity index (χ3v) is 6.22. The van der Waals surface area contributed by atoms with Crippen LogP contribution in [0.15, 0.2) is 51.7 Å². The molecule has 2 amide bonds. The fraction of sp³-hybridized carbons (Fsp3) is 0.348. The first kappa shape index (κ1) is 22.8. The number of carbonyl (C=O) groups is 2. The van der Waals surface area contributed by atoms with Crippen LogP contribution in [-0.2, 0) is 11.3 Å². The summed E-state index contributed by atoms with van der Waals surface area (Å²) in [5.41, 5.74) is 1.78. The first-order valence-electron chi connectivity index (χ1n) is 10.8. The normalized spacial score (nSPS) is 19.7. The third-order valence-electron chi connectivity index (χ3n) is 6.22. The van der Waals surface area contributed by atoms with Gasteiger partial charge in [0.25, 0.3) is 5.91 Å². The molecule has 0 saturated carbocycles. The molecule has 5 rings (SSSR count). The molecule has 0 bridgehead atoms. The minimum Gasteiger partial charge on any atom is -0.445 e. The first-order valence-corrected chi connectivity index (χ1v) is 10.8. The molecule has 3 aromatic rings. The van der Waals surface area contributed by atoms with Gasteiger partial charge in [-0.25, -0.2) is 9.59 Å². The molecule has 2 saturated heterocycles. The van der Waals surface area contributed by atoms with Gasteiger partial charge in [0.15, 0.2) is 5.58 Å². The Labute approximate surface area is 196 Å². The van der Waals surface area contributed by atoms with Gasteiger partial charge in [-0.1, -0.05) is 12.1 Å². The van der Waals surface area contributed by atoms with Gasteiger partial charge < -0.3 is 23.7 Å². The smallest absolute Gasteiger partial charge is 0.445 e. The van der Waals surface area contributed by atoms with Crippen LogP contribution in [0.5, 0.6) is 5.75 Å². The number of aromatic nitrogens is 1. The second kappa shape index (κ2) is 8.67. The molecule has 1 aromatic heterocycles. The largest absolute Gasteiger partial charge is 0.573 e. The van der Waals surface area contributed by atoms with E-state index in [2.05, 4.69) is 9.72 Å². The fourth-order valence-corrected chi connectivity index (χ4v) is 4.59. The number of ether oxygens (including phenoxy) is 2. The molecule has 2 atom stereocenters. The third kappa shape index (κ3) is 4.96. The van der Waals surface area contributed by atoms with Crippen molar-refractivity contribution in [2.45, 2.75) is 13.0 Å². The number of oxazole rings is 1. The van der Waals surface area contributed by atoms with E-state index in [0.717, 1.165) is 12.1 Å². The monoisotopic (exact) mass is 491 g/mol. The lowest BCUT2D eigenvalue weighted by Crippen LogP contribution is -2.35. The van der Waals surface area contributed by atoms with Crippen LogP contribution in [0.4, 0.5) is 18.0 Å².